The first-order chi connectivity index (χ1) is 11.3. The number of rotatable bonds is 4. The molecule has 0 spiro atoms. The molecule has 0 unspecified atom stereocenters. The molecule has 0 saturated carbocycles. The van der Waals surface area contributed by atoms with Crippen LogP contribution in [0.2, 0.25) is 5.02 Å². The van der Waals surface area contributed by atoms with Crippen molar-refractivity contribution in [1.29, 1.82) is 0 Å². The van der Waals surface area contributed by atoms with Gasteiger partial charge in [-0.05, 0) is 44.4 Å². The number of halogens is 1. The van der Waals surface area contributed by atoms with Crippen LogP contribution in [0.5, 0.6) is 5.75 Å². The van der Waals surface area contributed by atoms with Crippen LogP contribution in [0.25, 0.3) is 0 Å². The molecule has 0 bridgehead atoms. The van der Waals surface area contributed by atoms with E-state index in [0.29, 0.717) is 23.9 Å². The van der Waals surface area contributed by atoms with Gasteiger partial charge >= 0.3 is 0 Å². The van der Waals surface area contributed by atoms with Crippen LogP contribution in [0.1, 0.15) is 25.3 Å². The Balaban J connectivity index is 2.02. The number of aryl methyl sites for hydroxylation is 1. The Morgan fingerprint density at radius 3 is 2.75 bits per heavy atom. The molecule has 1 aromatic carbocycles. The van der Waals surface area contributed by atoms with Gasteiger partial charge in [0.25, 0.3) is 5.91 Å². The molecule has 0 aliphatic carbocycles. The lowest BCUT2D eigenvalue weighted by molar-refractivity contribution is -0.143. The zero-order valence-corrected chi connectivity index (χ0v) is 15.5. The van der Waals surface area contributed by atoms with Gasteiger partial charge < -0.3 is 14.5 Å². The molecule has 0 radical (unpaired) electrons. The maximum absolute atomic E-state index is 12.7. The van der Waals surface area contributed by atoms with Crippen molar-refractivity contribution in [3.8, 4) is 5.75 Å². The van der Waals surface area contributed by atoms with E-state index in [9.17, 15) is 9.59 Å². The maximum atomic E-state index is 12.7. The molecule has 1 aromatic rings. The molecule has 2 atom stereocenters. The lowest BCUT2D eigenvalue weighted by Crippen LogP contribution is -2.48. The second-order valence-corrected chi connectivity index (χ2v) is 6.96. The van der Waals surface area contributed by atoms with Crippen LogP contribution in [0.15, 0.2) is 18.2 Å². The zero-order chi connectivity index (χ0) is 17.9. The Kier molecular flexibility index (Phi) is 6.10. The fraction of sp³-hybridized carbons (Fsp3) is 0.556. The van der Waals surface area contributed by atoms with E-state index in [0.717, 1.165) is 18.4 Å². The normalized spacial score (nSPS) is 18.9. The summed E-state index contributed by atoms with van der Waals surface area (Å²) in [6, 6.07) is 5.47. The van der Waals surface area contributed by atoms with E-state index < -0.39 is 6.10 Å². The third-order valence-corrected chi connectivity index (χ3v) is 4.57. The van der Waals surface area contributed by atoms with E-state index in [2.05, 4.69) is 0 Å². The minimum Gasteiger partial charge on any atom is -0.479 e. The smallest absolute Gasteiger partial charge is 0.263 e. The minimum atomic E-state index is -0.641. The SMILES string of the molecule is Cc1ccc(Cl)c(O[C@@H](C)C(=O)N2CCC[C@@H](C(=O)N(C)C)C2)c1. The van der Waals surface area contributed by atoms with Gasteiger partial charge in [0.2, 0.25) is 5.91 Å². The Bertz CT molecular complexity index is 618. The molecule has 2 rings (SSSR count). The number of amides is 2. The van der Waals surface area contributed by atoms with E-state index in [1.165, 1.54) is 0 Å². The van der Waals surface area contributed by atoms with Gasteiger partial charge in [-0.1, -0.05) is 17.7 Å². The summed E-state index contributed by atoms with van der Waals surface area (Å²) in [5, 5.41) is 0.486. The monoisotopic (exact) mass is 352 g/mol. The number of likely N-dealkylation sites (tertiary alicyclic amines) is 1. The molecule has 0 aromatic heterocycles. The molecule has 0 N–H and O–H groups in total. The third-order valence-electron chi connectivity index (χ3n) is 4.26. The van der Waals surface area contributed by atoms with Crippen molar-refractivity contribution in [2.75, 3.05) is 27.2 Å². The van der Waals surface area contributed by atoms with Crippen LogP contribution < -0.4 is 4.74 Å². The number of hydrogen-bond acceptors (Lipinski definition) is 3. The number of benzene rings is 1. The van der Waals surface area contributed by atoms with Crippen molar-refractivity contribution in [2.24, 2.45) is 5.92 Å². The molecular weight excluding hydrogens is 328 g/mol. The topological polar surface area (TPSA) is 49.9 Å². The standard InChI is InChI=1S/C18H25ClN2O3/c1-12-7-8-15(19)16(10-12)24-13(2)17(22)21-9-5-6-14(11-21)18(23)20(3)4/h7-8,10,13-14H,5-6,9,11H2,1-4H3/t13-,14+/m0/s1. The Morgan fingerprint density at radius 2 is 2.08 bits per heavy atom. The average molecular weight is 353 g/mol. The van der Waals surface area contributed by atoms with Gasteiger partial charge in [-0.25, -0.2) is 0 Å². The fourth-order valence-corrected chi connectivity index (χ4v) is 3.10. The summed E-state index contributed by atoms with van der Waals surface area (Å²) in [7, 11) is 3.49. The molecule has 6 heteroatoms. The first-order valence-electron chi connectivity index (χ1n) is 8.22. The first kappa shape index (κ1) is 18.6. The van der Waals surface area contributed by atoms with Crippen molar-refractivity contribution >= 4 is 23.4 Å². The number of nitrogens with zero attached hydrogens (tertiary/aromatic N) is 2. The van der Waals surface area contributed by atoms with E-state index in [-0.39, 0.29) is 17.7 Å². The van der Waals surface area contributed by atoms with Gasteiger partial charge in [-0.3, -0.25) is 9.59 Å². The summed E-state index contributed by atoms with van der Waals surface area (Å²) >= 11 is 6.13. The van der Waals surface area contributed by atoms with Crippen LogP contribution in [0.3, 0.4) is 0 Å². The largest absolute Gasteiger partial charge is 0.479 e. The zero-order valence-electron chi connectivity index (χ0n) is 14.7. The van der Waals surface area contributed by atoms with Crippen molar-refractivity contribution in [1.82, 2.24) is 9.80 Å². The molecule has 5 nitrogen and oxygen atoms in total. The average Bonchev–Trinajstić information content (AvgIpc) is 2.56. The van der Waals surface area contributed by atoms with Gasteiger partial charge in [-0.15, -0.1) is 0 Å². The van der Waals surface area contributed by atoms with Crippen LogP contribution >= 0.6 is 11.6 Å². The summed E-state index contributed by atoms with van der Waals surface area (Å²) in [5.74, 6) is 0.342. The lowest BCUT2D eigenvalue weighted by atomic mass is 9.96. The first-order valence-corrected chi connectivity index (χ1v) is 8.60. The predicted octanol–water partition coefficient (Wildman–Crippen LogP) is 2.74. The van der Waals surface area contributed by atoms with Gasteiger partial charge in [-0.2, -0.15) is 0 Å². The quantitative estimate of drug-likeness (QED) is 0.837. The number of hydrogen-bond donors (Lipinski definition) is 0. The molecule has 1 heterocycles. The van der Waals surface area contributed by atoms with E-state index in [1.54, 1.807) is 36.9 Å². The highest BCUT2D eigenvalue weighted by atomic mass is 35.5. The van der Waals surface area contributed by atoms with E-state index >= 15 is 0 Å². The molecule has 24 heavy (non-hydrogen) atoms. The minimum absolute atomic E-state index is 0.0720. The highest BCUT2D eigenvalue weighted by Gasteiger charge is 2.31. The van der Waals surface area contributed by atoms with Crippen molar-refractivity contribution in [3.05, 3.63) is 28.8 Å². The summed E-state index contributed by atoms with van der Waals surface area (Å²) < 4.78 is 5.77. The second kappa shape index (κ2) is 7.88. The lowest BCUT2D eigenvalue weighted by Gasteiger charge is -2.34. The number of ether oxygens (including phenoxy) is 1. The molecule has 132 valence electrons. The van der Waals surface area contributed by atoms with Crippen LogP contribution in [0.4, 0.5) is 0 Å². The van der Waals surface area contributed by atoms with Crippen LogP contribution in [-0.4, -0.2) is 54.9 Å². The van der Waals surface area contributed by atoms with E-state index in [4.69, 9.17) is 16.3 Å². The van der Waals surface area contributed by atoms with Crippen LogP contribution in [0, 0.1) is 12.8 Å². The highest BCUT2D eigenvalue weighted by molar-refractivity contribution is 6.32. The molecule has 2 amide bonds. The van der Waals surface area contributed by atoms with Gasteiger partial charge in [0.15, 0.2) is 6.10 Å². The summed E-state index contributed by atoms with van der Waals surface area (Å²) in [6.45, 7) is 4.77. The van der Waals surface area contributed by atoms with Gasteiger partial charge in [0.05, 0.1) is 10.9 Å². The van der Waals surface area contributed by atoms with Crippen molar-refractivity contribution in [3.63, 3.8) is 0 Å². The Hall–Kier alpha value is -1.75. The molecule has 1 aliphatic rings. The van der Waals surface area contributed by atoms with Gasteiger partial charge in [0, 0.05) is 27.2 Å². The maximum Gasteiger partial charge on any atom is 0.263 e. The van der Waals surface area contributed by atoms with E-state index in [1.807, 2.05) is 19.1 Å². The fourth-order valence-electron chi connectivity index (χ4n) is 2.94. The summed E-state index contributed by atoms with van der Waals surface area (Å²) in [6.07, 6.45) is 1.01. The molecule has 1 fully saturated rings. The molecule has 1 saturated heterocycles. The molecular formula is C18H25ClN2O3. The predicted molar refractivity (Wildman–Crippen MR) is 94.3 cm³/mol. The van der Waals surface area contributed by atoms with Crippen molar-refractivity contribution < 1.29 is 14.3 Å². The third kappa shape index (κ3) is 4.41. The van der Waals surface area contributed by atoms with Crippen LogP contribution in [-0.2, 0) is 9.59 Å². The van der Waals surface area contributed by atoms with Gasteiger partial charge in [0.1, 0.15) is 5.75 Å². The number of carbonyl (C=O) groups is 2. The summed E-state index contributed by atoms with van der Waals surface area (Å²) in [4.78, 5) is 28.1. The number of piperidine rings is 1. The highest BCUT2D eigenvalue weighted by Crippen LogP contribution is 2.27. The summed E-state index contributed by atoms with van der Waals surface area (Å²) in [5.41, 5.74) is 1.02. The Labute approximate surface area is 148 Å². The molecule has 1 aliphatic heterocycles. The Morgan fingerprint density at radius 1 is 1.38 bits per heavy atom. The second-order valence-electron chi connectivity index (χ2n) is 6.55. The number of carbonyl (C=O) groups excluding carboxylic acids is 2. The van der Waals surface area contributed by atoms with Crippen molar-refractivity contribution in [2.45, 2.75) is 32.8 Å².